The van der Waals surface area contributed by atoms with Gasteiger partial charge >= 0.3 is 0 Å². The van der Waals surface area contributed by atoms with Gasteiger partial charge in [-0.3, -0.25) is 4.79 Å². The molecule has 0 bridgehead atoms. The lowest BCUT2D eigenvalue weighted by Gasteiger charge is -2.05. The number of nitrogens with one attached hydrogen (secondary N) is 1. The Morgan fingerprint density at radius 1 is 1.40 bits per heavy atom. The molecule has 2 rings (SSSR count). The number of aromatic nitrogens is 1. The second kappa shape index (κ2) is 6.57. The van der Waals surface area contributed by atoms with Gasteiger partial charge in [0.05, 0.1) is 12.1 Å². The standard InChI is InChI=1S/C15H17ClN2O2/c1-10-14(20-11(2)18-10)6-7-17-15(19)9-12-4-3-5-13(16)8-12/h3-5,8H,6-7,9H2,1-2H3,(H,17,19). The van der Waals surface area contributed by atoms with Gasteiger partial charge in [0.2, 0.25) is 5.91 Å². The van der Waals surface area contributed by atoms with Crippen molar-refractivity contribution in [3.05, 3.63) is 52.2 Å². The summed E-state index contributed by atoms with van der Waals surface area (Å²) >= 11 is 5.88. The van der Waals surface area contributed by atoms with E-state index in [-0.39, 0.29) is 5.91 Å². The van der Waals surface area contributed by atoms with E-state index in [1.165, 1.54) is 0 Å². The Balaban J connectivity index is 1.79. The van der Waals surface area contributed by atoms with Crippen LogP contribution in [0.1, 0.15) is 22.9 Å². The third-order valence-corrected chi connectivity index (χ3v) is 3.16. The zero-order chi connectivity index (χ0) is 14.5. The van der Waals surface area contributed by atoms with Gasteiger partial charge in [0.15, 0.2) is 5.89 Å². The molecule has 0 aliphatic carbocycles. The summed E-state index contributed by atoms with van der Waals surface area (Å²) in [7, 11) is 0. The van der Waals surface area contributed by atoms with E-state index >= 15 is 0 Å². The number of hydrogen-bond donors (Lipinski definition) is 1. The van der Waals surface area contributed by atoms with Gasteiger partial charge in [-0.25, -0.2) is 4.98 Å². The second-order valence-electron chi connectivity index (χ2n) is 4.65. The smallest absolute Gasteiger partial charge is 0.224 e. The number of carbonyl (C=O) groups excluding carboxylic acids is 1. The second-order valence-corrected chi connectivity index (χ2v) is 5.08. The highest BCUT2D eigenvalue weighted by Crippen LogP contribution is 2.11. The maximum Gasteiger partial charge on any atom is 0.224 e. The fraction of sp³-hybridized carbons (Fsp3) is 0.333. The van der Waals surface area contributed by atoms with E-state index < -0.39 is 0 Å². The summed E-state index contributed by atoms with van der Waals surface area (Å²) in [5.41, 5.74) is 1.79. The van der Waals surface area contributed by atoms with Crippen LogP contribution in [0.4, 0.5) is 0 Å². The molecular weight excluding hydrogens is 276 g/mol. The van der Waals surface area contributed by atoms with Crippen LogP contribution in [0, 0.1) is 13.8 Å². The van der Waals surface area contributed by atoms with Crippen LogP contribution >= 0.6 is 11.6 Å². The third-order valence-electron chi connectivity index (χ3n) is 2.93. The molecular formula is C15H17ClN2O2. The summed E-state index contributed by atoms with van der Waals surface area (Å²) in [6, 6.07) is 7.31. The van der Waals surface area contributed by atoms with Gasteiger partial charge in [-0.2, -0.15) is 0 Å². The largest absolute Gasteiger partial charge is 0.446 e. The Kier molecular flexibility index (Phi) is 4.79. The number of carbonyl (C=O) groups is 1. The molecule has 1 amide bonds. The highest BCUT2D eigenvalue weighted by Gasteiger charge is 2.08. The first kappa shape index (κ1) is 14.6. The van der Waals surface area contributed by atoms with Crippen LogP contribution in [0.3, 0.4) is 0 Å². The highest BCUT2D eigenvalue weighted by molar-refractivity contribution is 6.30. The molecule has 0 radical (unpaired) electrons. The van der Waals surface area contributed by atoms with Gasteiger partial charge < -0.3 is 9.73 Å². The summed E-state index contributed by atoms with van der Waals surface area (Å²) in [4.78, 5) is 16.0. The molecule has 0 spiro atoms. The Bertz CT molecular complexity index is 608. The third kappa shape index (κ3) is 4.10. The molecule has 0 aliphatic heterocycles. The number of rotatable bonds is 5. The normalized spacial score (nSPS) is 10.6. The Morgan fingerprint density at radius 2 is 2.20 bits per heavy atom. The fourth-order valence-electron chi connectivity index (χ4n) is 2.02. The van der Waals surface area contributed by atoms with E-state index in [0.29, 0.717) is 30.3 Å². The van der Waals surface area contributed by atoms with Crippen molar-refractivity contribution in [2.45, 2.75) is 26.7 Å². The van der Waals surface area contributed by atoms with Crippen molar-refractivity contribution in [1.82, 2.24) is 10.3 Å². The highest BCUT2D eigenvalue weighted by atomic mass is 35.5. The van der Waals surface area contributed by atoms with Gasteiger partial charge in [-0.15, -0.1) is 0 Å². The van der Waals surface area contributed by atoms with Crippen LogP contribution < -0.4 is 5.32 Å². The molecule has 0 atom stereocenters. The number of benzene rings is 1. The minimum absolute atomic E-state index is 0.0267. The van der Waals surface area contributed by atoms with E-state index in [9.17, 15) is 4.79 Å². The molecule has 2 aromatic rings. The molecule has 1 aromatic carbocycles. The molecule has 1 aromatic heterocycles. The number of halogens is 1. The predicted molar refractivity (Wildman–Crippen MR) is 77.8 cm³/mol. The van der Waals surface area contributed by atoms with Crippen molar-refractivity contribution >= 4 is 17.5 Å². The molecule has 0 unspecified atom stereocenters. The van der Waals surface area contributed by atoms with Crippen molar-refractivity contribution < 1.29 is 9.21 Å². The van der Waals surface area contributed by atoms with Gasteiger partial charge in [0, 0.05) is 24.9 Å². The molecule has 0 saturated heterocycles. The molecule has 0 fully saturated rings. The summed E-state index contributed by atoms with van der Waals surface area (Å²) in [5, 5.41) is 3.51. The monoisotopic (exact) mass is 292 g/mol. The van der Waals surface area contributed by atoms with Crippen LogP contribution in [0.25, 0.3) is 0 Å². The average Bonchev–Trinajstić information content (AvgIpc) is 2.68. The molecule has 1 heterocycles. The molecule has 0 aliphatic rings. The van der Waals surface area contributed by atoms with Crippen LogP contribution in [0.2, 0.25) is 5.02 Å². The molecule has 106 valence electrons. The first-order chi connectivity index (χ1) is 9.54. The van der Waals surface area contributed by atoms with Gasteiger partial charge in [0.25, 0.3) is 0 Å². The van der Waals surface area contributed by atoms with Crippen LogP contribution in [-0.2, 0) is 17.6 Å². The van der Waals surface area contributed by atoms with Crippen molar-refractivity contribution in [3.8, 4) is 0 Å². The Labute approximate surface area is 123 Å². The number of aryl methyl sites for hydroxylation is 2. The van der Waals surface area contributed by atoms with Crippen molar-refractivity contribution in [1.29, 1.82) is 0 Å². The van der Waals surface area contributed by atoms with Gasteiger partial charge in [-0.1, -0.05) is 23.7 Å². The van der Waals surface area contributed by atoms with E-state index in [1.54, 1.807) is 12.1 Å². The Hall–Kier alpha value is -1.81. The maximum absolute atomic E-state index is 11.8. The first-order valence-corrected chi connectivity index (χ1v) is 6.86. The summed E-state index contributed by atoms with van der Waals surface area (Å²) in [6.07, 6.45) is 0.975. The quantitative estimate of drug-likeness (QED) is 0.922. The summed E-state index contributed by atoms with van der Waals surface area (Å²) < 4.78 is 5.45. The molecule has 5 heteroatoms. The van der Waals surface area contributed by atoms with Gasteiger partial charge in [-0.05, 0) is 24.6 Å². The molecule has 1 N–H and O–H groups in total. The van der Waals surface area contributed by atoms with Crippen molar-refractivity contribution in [2.75, 3.05) is 6.54 Å². The van der Waals surface area contributed by atoms with Crippen molar-refractivity contribution in [3.63, 3.8) is 0 Å². The minimum Gasteiger partial charge on any atom is -0.446 e. The summed E-state index contributed by atoms with van der Waals surface area (Å²) in [5.74, 6) is 1.45. The number of amides is 1. The zero-order valence-electron chi connectivity index (χ0n) is 11.6. The summed E-state index contributed by atoms with van der Waals surface area (Å²) in [6.45, 7) is 4.25. The van der Waals surface area contributed by atoms with E-state index in [1.807, 2.05) is 26.0 Å². The number of nitrogens with zero attached hydrogens (tertiary/aromatic N) is 1. The van der Waals surface area contributed by atoms with E-state index in [2.05, 4.69) is 10.3 Å². The number of hydrogen-bond acceptors (Lipinski definition) is 3. The number of oxazole rings is 1. The van der Waals surface area contributed by atoms with Crippen molar-refractivity contribution in [2.24, 2.45) is 0 Å². The lowest BCUT2D eigenvalue weighted by molar-refractivity contribution is -0.120. The topological polar surface area (TPSA) is 55.1 Å². The van der Waals surface area contributed by atoms with Crippen LogP contribution in [-0.4, -0.2) is 17.4 Å². The minimum atomic E-state index is -0.0267. The van der Waals surface area contributed by atoms with E-state index in [0.717, 1.165) is 17.0 Å². The fourth-order valence-corrected chi connectivity index (χ4v) is 2.23. The zero-order valence-corrected chi connectivity index (χ0v) is 12.3. The molecule has 4 nitrogen and oxygen atoms in total. The molecule has 20 heavy (non-hydrogen) atoms. The van der Waals surface area contributed by atoms with Gasteiger partial charge in [0.1, 0.15) is 5.76 Å². The lowest BCUT2D eigenvalue weighted by atomic mass is 10.1. The SMILES string of the molecule is Cc1nc(C)c(CCNC(=O)Cc2cccc(Cl)c2)o1. The van der Waals surface area contributed by atoms with Crippen LogP contribution in [0.15, 0.2) is 28.7 Å². The lowest BCUT2D eigenvalue weighted by Crippen LogP contribution is -2.27. The average molecular weight is 293 g/mol. The van der Waals surface area contributed by atoms with Crippen LogP contribution in [0.5, 0.6) is 0 Å². The Morgan fingerprint density at radius 3 is 2.85 bits per heavy atom. The predicted octanol–water partition coefficient (Wildman–Crippen LogP) is 2.85. The maximum atomic E-state index is 11.8. The molecule has 0 saturated carbocycles. The van der Waals surface area contributed by atoms with E-state index in [4.69, 9.17) is 16.0 Å². The first-order valence-electron chi connectivity index (χ1n) is 6.48.